The molecule has 0 aliphatic rings. The van der Waals surface area contributed by atoms with E-state index in [4.69, 9.17) is 0 Å². The molecule has 0 unspecified atom stereocenters. The van der Waals surface area contributed by atoms with Gasteiger partial charge in [0.2, 0.25) is 5.69 Å². The minimum absolute atomic E-state index is 0.354. The zero-order valence-corrected chi connectivity index (χ0v) is 8.60. The van der Waals surface area contributed by atoms with Gasteiger partial charge in [-0.05, 0) is 0 Å². The lowest BCUT2D eigenvalue weighted by molar-refractivity contribution is -0.384. The van der Waals surface area contributed by atoms with Crippen LogP contribution < -0.4 is 4.74 Å². The Morgan fingerprint density at radius 2 is 2.00 bits per heavy atom. The summed E-state index contributed by atoms with van der Waals surface area (Å²) in [4.78, 5) is 14.4. The van der Waals surface area contributed by atoms with Gasteiger partial charge in [0.15, 0.2) is 0 Å². The number of rotatable bonds is 4. The topological polar surface area (TPSA) is 96.0 Å². The van der Waals surface area contributed by atoms with E-state index in [2.05, 4.69) is 19.9 Å². The van der Waals surface area contributed by atoms with Crippen molar-refractivity contribution in [2.75, 3.05) is 0 Å². The van der Waals surface area contributed by atoms with Crippen LogP contribution in [0.3, 0.4) is 0 Å². The maximum absolute atomic E-state index is 12.2. The highest BCUT2D eigenvalue weighted by molar-refractivity contribution is 5.56. The summed E-state index contributed by atoms with van der Waals surface area (Å²) in [7, 11) is 0. The molecule has 0 fully saturated rings. The lowest BCUT2D eigenvalue weighted by atomic mass is 10.3. The van der Waals surface area contributed by atoms with E-state index in [1.165, 1.54) is 12.4 Å². The Morgan fingerprint density at radius 3 is 2.56 bits per heavy atom. The largest absolute Gasteiger partial charge is 0.414 e. The van der Waals surface area contributed by atoms with Crippen LogP contribution >= 0.6 is 0 Å². The Kier molecular flexibility index (Phi) is 3.08. The van der Waals surface area contributed by atoms with Gasteiger partial charge in [-0.3, -0.25) is 10.1 Å². The highest BCUT2D eigenvalue weighted by Gasteiger charge is 2.25. The Bertz CT molecular complexity index is 560. The number of ether oxygens (including phenoxy) is 1. The predicted molar refractivity (Wildman–Crippen MR) is 52.4 cm³/mol. The predicted octanol–water partition coefficient (Wildman–Crippen LogP) is 1.17. The van der Waals surface area contributed by atoms with Crippen molar-refractivity contribution in [2.45, 2.75) is 6.61 Å². The van der Waals surface area contributed by atoms with Crippen LogP contribution in [0.5, 0.6) is 5.88 Å². The van der Waals surface area contributed by atoms with E-state index in [1.807, 2.05) is 0 Å². The number of hydrogen-bond acceptors (Lipinski definition) is 6. The summed E-state index contributed by atoms with van der Waals surface area (Å²) in [5.41, 5.74) is -0.843. The molecule has 2 rings (SSSR count). The Labute approximate surface area is 98.0 Å². The van der Waals surface area contributed by atoms with Crippen LogP contribution in [0, 0.1) is 10.1 Å². The molecular formula is C8H5F2N5O3. The second kappa shape index (κ2) is 4.69. The lowest BCUT2D eigenvalue weighted by Crippen LogP contribution is -2.11. The van der Waals surface area contributed by atoms with Gasteiger partial charge < -0.3 is 4.74 Å². The molecule has 0 spiro atoms. The standard InChI is InChI=1S/C8H5F2N5O3/c9-8(10)18-7-6(14-12-3-4-13-14)5(15(16)17)1-2-11-7/h1-4,8H. The normalized spacial score (nSPS) is 10.6. The number of nitro groups is 1. The van der Waals surface area contributed by atoms with Crippen molar-refractivity contribution in [3.8, 4) is 11.6 Å². The van der Waals surface area contributed by atoms with Crippen LogP contribution in [0.2, 0.25) is 0 Å². The second-order valence-corrected chi connectivity index (χ2v) is 2.94. The van der Waals surface area contributed by atoms with E-state index in [0.717, 1.165) is 17.1 Å². The number of nitrogens with zero attached hydrogens (tertiary/aromatic N) is 5. The third kappa shape index (κ3) is 2.21. The van der Waals surface area contributed by atoms with Crippen molar-refractivity contribution in [3.05, 3.63) is 34.8 Å². The fraction of sp³-hybridized carbons (Fsp3) is 0.125. The molecule has 0 aromatic carbocycles. The Balaban J connectivity index is 2.60. The van der Waals surface area contributed by atoms with E-state index in [-0.39, 0.29) is 5.69 Å². The lowest BCUT2D eigenvalue weighted by Gasteiger charge is -2.08. The molecule has 2 aromatic rings. The number of halogens is 2. The maximum atomic E-state index is 12.2. The molecule has 8 nitrogen and oxygen atoms in total. The molecule has 94 valence electrons. The first-order chi connectivity index (χ1) is 8.59. The molecule has 0 aliphatic carbocycles. The van der Waals surface area contributed by atoms with Crippen LogP contribution in [0.4, 0.5) is 14.5 Å². The van der Waals surface area contributed by atoms with E-state index < -0.39 is 23.1 Å². The van der Waals surface area contributed by atoms with Gasteiger partial charge in [0.25, 0.3) is 5.88 Å². The quantitative estimate of drug-likeness (QED) is 0.602. The summed E-state index contributed by atoms with van der Waals surface area (Å²) in [5, 5.41) is 18.1. The van der Waals surface area contributed by atoms with Crippen molar-refractivity contribution in [1.29, 1.82) is 0 Å². The fourth-order valence-corrected chi connectivity index (χ4v) is 1.26. The average Bonchev–Trinajstić information content (AvgIpc) is 2.81. The van der Waals surface area contributed by atoms with Crippen LogP contribution in [0.1, 0.15) is 0 Å². The maximum Gasteiger partial charge on any atom is 0.388 e. The van der Waals surface area contributed by atoms with Crippen LogP contribution in [0.25, 0.3) is 5.69 Å². The summed E-state index contributed by atoms with van der Waals surface area (Å²) < 4.78 is 28.5. The van der Waals surface area contributed by atoms with E-state index >= 15 is 0 Å². The third-order valence-electron chi connectivity index (χ3n) is 1.89. The molecule has 0 saturated carbocycles. The van der Waals surface area contributed by atoms with Crippen molar-refractivity contribution < 1.29 is 18.4 Å². The molecular weight excluding hydrogens is 252 g/mol. The number of pyridine rings is 1. The first-order valence-corrected chi connectivity index (χ1v) is 4.54. The first-order valence-electron chi connectivity index (χ1n) is 4.54. The fourth-order valence-electron chi connectivity index (χ4n) is 1.26. The van der Waals surface area contributed by atoms with Gasteiger partial charge in [-0.1, -0.05) is 0 Å². The third-order valence-corrected chi connectivity index (χ3v) is 1.89. The molecule has 0 N–H and O–H groups in total. The van der Waals surface area contributed by atoms with Gasteiger partial charge in [0.05, 0.1) is 17.3 Å². The van der Waals surface area contributed by atoms with Crippen molar-refractivity contribution >= 4 is 5.69 Å². The van der Waals surface area contributed by atoms with E-state index in [0.29, 0.717) is 0 Å². The molecule has 0 saturated heterocycles. The van der Waals surface area contributed by atoms with Gasteiger partial charge in [0, 0.05) is 12.3 Å². The molecule has 0 radical (unpaired) electrons. The van der Waals surface area contributed by atoms with E-state index in [9.17, 15) is 18.9 Å². The highest BCUT2D eigenvalue weighted by atomic mass is 19.3. The zero-order chi connectivity index (χ0) is 13.1. The SMILES string of the molecule is O=[N+]([O-])c1ccnc(OC(F)F)c1-n1nccn1. The number of hydrogen-bond donors (Lipinski definition) is 0. The summed E-state index contributed by atoms with van der Waals surface area (Å²) >= 11 is 0. The zero-order valence-electron chi connectivity index (χ0n) is 8.60. The molecule has 0 amide bonds. The van der Waals surface area contributed by atoms with Gasteiger partial charge in [-0.25, -0.2) is 4.98 Å². The molecule has 0 bridgehead atoms. The van der Waals surface area contributed by atoms with Crippen LogP contribution in [-0.4, -0.2) is 31.5 Å². The summed E-state index contributed by atoms with van der Waals surface area (Å²) in [5.74, 6) is -0.615. The Morgan fingerprint density at radius 1 is 1.33 bits per heavy atom. The smallest absolute Gasteiger partial charge is 0.388 e. The van der Waals surface area contributed by atoms with Crippen LogP contribution in [0.15, 0.2) is 24.7 Å². The van der Waals surface area contributed by atoms with Gasteiger partial charge in [-0.2, -0.15) is 19.0 Å². The summed E-state index contributed by atoms with van der Waals surface area (Å²) in [6.45, 7) is -3.16. The monoisotopic (exact) mass is 257 g/mol. The summed E-state index contributed by atoms with van der Waals surface area (Å²) in [6, 6.07) is 1.04. The first kappa shape index (κ1) is 11.8. The highest BCUT2D eigenvalue weighted by Crippen LogP contribution is 2.29. The minimum Gasteiger partial charge on any atom is -0.414 e. The minimum atomic E-state index is -3.16. The van der Waals surface area contributed by atoms with Gasteiger partial charge in [-0.15, -0.1) is 4.80 Å². The number of alkyl halides is 2. The molecule has 2 heterocycles. The molecule has 18 heavy (non-hydrogen) atoms. The average molecular weight is 257 g/mol. The molecule has 0 aliphatic heterocycles. The van der Waals surface area contributed by atoms with Gasteiger partial charge in [0.1, 0.15) is 0 Å². The van der Waals surface area contributed by atoms with Crippen molar-refractivity contribution in [3.63, 3.8) is 0 Å². The van der Waals surface area contributed by atoms with Crippen molar-refractivity contribution in [2.24, 2.45) is 0 Å². The number of aromatic nitrogens is 4. The summed E-state index contributed by atoms with van der Waals surface area (Å²) in [6.07, 6.45) is 3.47. The molecule has 10 heteroatoms. The molecule has 2 aromatic heterocycles. The van der Waals surface area contributed by atoms with Crippen LogP contribution in [-0.2, 0) is 0 Å². The van der Waals surface area contributed by atoms with Crippen molar-refractivity contribution in [1.82, 2.24) is 20.0 Å². The van der Waals surface area contributed by atoms with E-state index in [1.54, 1.807) is 0 Å². The molecule has 0 atom stereocenters. The van der Waals surface area contributed by atoms with Gasteiger partial charge >= 0.3 is 12.3 Å². The second-order valence-electron chi connectivity index (χ2n) is 2.94. The Hall–Kier alpha value is -2.65.